The minimum Gasteiger partial charge on any atom is -0.506 e. The number of nitrogens with zero attached hydrogens (tertiary/aromatic N) is 2. The van der Waals surface area contributed by atoms with Gasteiger partial charge in [0.1, 0.15) is 11.3 Å². The number of aromatic nitrogens is 1. The van der Waals surface area contributed by atoms with E-state index in [0.717, 1.165) is 23.9 Å². The van der Waals surface area contributed by atoms with Crippen LogP contribution in [0.3, 0.4) is 0 Å². The summed E-state index contributed by atoms with van der Waals surface area (Å²) >= 11 is 0. The van der Waals surface area contributed by atoms with Crippen molar-refractivity contribution in [1.82, 2.24) is 4.98 Å². The first-order valence-electron chi connectivity index (χ1n) is 8.40. The first-order chi connectivity index (χ1) is 12.2. The van der Waals surface area contributed by atoms with E-state index >= 15 is 0 Å². The van der Waals surface area contributed by atoms with E-state index in [0.29, 0.717) is 24.8 Å². The fourth-order valence-electron chi connectivity index (χ4n) is 3.14. The molecular formula is C19H19N3O3. The van der Waals surface area contributed by atoms with Crippen LogP contribution < -0.4 is 10.2 Å². The summed E-state index contributed by atoms with van der Waals surface area (Å²) in [6, 6.07) is 15.1. The lowest BCUT2D eigenvalue weighted by Crippen LogP contribution is -2.38. The summed E-state index contributed by atoms with van der Waals surface area (Å²) in [6.45, 7) is 1.43. The second kappa shape index (κ2) is 6.47. The van der Waals surface area contributed by atoms with Gasteiger partial charge in [-0.25, -0.2) is 0 Å². The fourth-order valence-corrected chi connectivity index (χ4v) is 3.14. The van der Waals surface area contributed by atoms with Crippen molar-refractivity contribution in [1.29, 1.82) is 0 Å². The number of oxazole rings is 1. The van der Waals surface area contributed by atoms with Crippen LogP contribution >= 0.6 is 0 Å². The van der Waals surface area contributed by atoms with Gasteiger partial charge in [0.2, 0.25) is 5.91 Å². The highest BCUT2D eigenvalue weighted by molar-refractivity contribution is 5.94. The maximum Gasteiger partial charge on any atom is 0.298 e. The molecule has 4 rings (SSSR count). The average molecular weight is 337 g/mol. The summed E-state index contributed by atoms with van der Waals surface area (Å²) < 4.78 is 5.80. The van der Waals surface area contributed by atoms with E-state index in [9.17, 15) is 9.90 Å². The van der Waals surface area contributed by atoms with Gasteiger partial charge in [-0.2, -0.15) is 4.98 Å². The van der Waals surface area contributed by atoms with Crippen molar-refractivity contribution in [3.8, 4) is 5.75 Å². The third kappa shape index (κ3) is 3.15. The van der Waals surface area contributed by atoms with Gasteiger partial charge >= 0.3 is 0 Å². The fraction of sp³-hybridized carbons (Fsp3) is 0.263. The smallest absolute Gasteiger partial charge is 0.298 e. The highest BCUT2D eigenvalue weighted by atomic mass is 16.4. The minimum absolute atomic E-state index is 0.0567. The van der Waals surface area contributed by atoms with Gasteiger partial charge in [-0.1, -0.05) is 24.3 Å². The topological polar surface area (TPSA) is 78.6 Å². The van der Waals surface area contributed by atoms with Crippen molar-refractivity contribution in [3.05, 3.63) is 48.5 Å². The van der Waals surface area contributed by atoms with Crippen LogP contribution in [-0.4, -0.2) is 29.1 Å². The Balaban J connectivity index is 1.39. The number of carbonyl (C=O) groups excluding carboxylic acids is 1. The number of rotatable bonds is 3. The lowest BCUT2D eigenvalue weighted by molar-refractivity contribution is -0.120. The summed E-state index contributed by atoms with van der Waals surface area (Å²) in [4.78, 5) is 19.0. The molecule has 1 fully saturated rings. The van der Waals surface area contributed by atoms with E-state index < -0.39 is 0 Å². The first-order valence-corrected chi connectivity index (χ1v) is 8.40. The Labute approximate surface area is 145 Å². The zero-order chi connectivity index (χ0) is 17.2. The van der Waals surface area contributed by atoms with Gasteiger partial charge in [-0.05, 0) is 37.1 Å². The molecule has 1 amide bonds. The van der Waals surface area contributed by atoms with Gasteiger partial charge < -0.3 is 19.7 Å². The van der Waals surface area contributed by atoms with E-state index in [2.05, 4.69) is 15.2 Å². The number of para-hydroxylation sites is 4. The molecule has 0 atom stereocenters. The number of anilines is 2. The van der Waals surface area contributed by atoms with Crippen LogP contribution in [0.1, 0.15) is 12.8 Å². The maximum absolute atomic E-state index is 12.4. The predicted octanol–water partition coefficient (Wildman–Crippen LogP) is 3.39. The molecule has 128 valence electrons. The lowest BCUT2D eigenvalue weighted by Gasteiger charge is -2.30. The number of phenols is 1. The standard InChI is InChI=1S/C19H19N3O3/c23-16-7-3-1-5-14(16)20-18(24)13-9-11-22(12-10-13)19-21-15-6-2-4-8-17(15)25-19/h1-8,13,23H,9-12H2,(H,20,24). The van der Waals surface area contributed by atoms with E-state index in [4.69, 9.17) is 4.42 Å². The van der Waals surface area contributed by atoms with Crippen LogP contribution in [0.4, 0.5) is 11.7 Å². The van der Waals surface area contributed by atoms with Crippen LogP contribution in [0, 0.1) is 5.92 Å². The largest absolute Gasteiger partial charge is 0.506 e. The Morgan fingerprint density at radius 1 is 1.12 bits per heavy atom. The summed E-state index contributed by atoms with van der Waals surface area (Å²) in [5.41, 5.74) is 2.07. The zero-order valence-electron chi connectivity index (χ0n) is 13.7. The lowest BCUT2D eigenvalue weighted by atomic mass is 9.96. The van der Waals surface area contributed by atoms with Crippen molar-refractivity contribution in [2.45, 2.75) is 12.8 Å². The minimum atomic E-state index is -0.0831. The van der Waals surface area contributed by atoms with Gasteiger partial charge in [0.05, 0.1) is 5.69 Å². The Kier molecular flexibility index (Phi) is 4.01. The highest BCUT2D eigenvalue weighted by Gasteiger charge is 2.27. The normalized spacial score (nSPS) is 15.4. The number of carbonyl (C=O) groups is 1. The molecule has 0 bridgehead atoms. The number of hydrogen-bond acceptors (Lipinski definition) is 5. The Morgan fingerprint density at radius 3 is 2.60 bits per heavy atom. The molecule has 25 heavy (non-hydrogen) atoms. The zero-order valence-corrected chi connectivity index (χ0v) is 13.7. The summed E-state index contributed by atoms with van der Waals surface area (Å²) in [6.07, 6.45) is 1.44. The Bertz CT molecular complexity index is 865. The summed E-state index contributed by atoms with van der Waals surface area (Å²) in [7, 11) is 0. The molecular weight excluding hydrogens is 318 g/mol. The third-order valence-electron chi connectivity index (χ3n) is 4.58. The number of fused-ring (bicyclic) bond motifs is 1. The van der Waals surface area contributed by atoms with E-state index in [1.54, 1.807) is 24.3 Å². The van der Waals surface area contributed by atoms with Crippen LogP contribution in [0.15, 0.2) is 52.9 Å². The number of hydrogen-bond donors (Lipinski definition) is 2. The molecule has 2 N–H and O–H groups in total. The number of aromatic hydroxyl groups is 1. The predicted molar refractivity (Wildman–Crippen MR) is 95.7 cm³/mol. The molecule has 6 heteroatoms. The second-order valence-corrected chi connectivity index (χ2v) is 6.23. The molecule has 0 radical (unpaired) electrons. The average Bonchev–Trinajstić information content (AvgIpc) is 3.08. The SMILES string of the molecule is O=C(Nc1ccccc1O)C1CCN(c2nc3ccccc3o2)CC1. The molecule has 1 saturated heterocycles. The molecule has 6 nitrogen and oxygen atoms in total. The Morgan fingerprint density at radius 2 is 1.84 bits per heavy atom. The van der Waals surface area contributed by atoms with Crippen LogP contribution in [0.25, 0.3) is 11.1 Å². The van der Waals surface area contributed by atoms with Gasteiger partial charge in [-0.3, -0.25) is 4.79 Å². The number of benzene rings is 2. The van der Waals surface area contributed by atoms with Crippen LogP contribution in [-0.2, 0) is 4.79 Å². The van der Waals surface area contributed by atoms with Crippen molar-refractivity contribution >= 4 is 28.7 Å². The monoisotopic (exact) mass is 337 g/mol. The number of piperidine rings is 1. The van der Waals surface area contributed by atoms with Crippen LogP contribution in [0.5, 0.6) is 5.75 Å². The molecule has 1 aromatic heterocycles. The van der Waals surface area contributed by atoms with Gasteiger partial charge in [0.15, 0.2) is 5.58 Å². The van der Waals surface area contributed by atoms with Gasteiger partial charge in [0, 0.05) is 19.0 Å². The van der Waals surface area contributed by atoms with Crippen molar-refractivity contribution < 1.29 is 14.3 Å². The van der Waals surface area contributed by atoms with Crippen molar-refractivity contribution in [2.24, 2.45) is 5.92 Å². The summed E-state index contributed by atoms with van der Waals surface area (Å²) in [5, 5.41) is 12.6. The number of nitrogens with one attached hydrogen (secondary N) is 1. The highest BCUT2D eigenvalue weighted by Crippen LogP contribution is 2.28. The molecule has 0 saturated carbocycles. The molecule has 3 aromatic rings. The molecule has 1 aliphatic heterocycles. The molecule has 2 aromatic carbocycles. The quantitative estimate of drug-likeness (QED) is 0.716. The Hall–Kier alpha value is -3.02. The molecule has 2 heterocycles. The molecule has 0 aliphatic carbocycles. The van der Waals surface area contributed by atoms with E-state index in [-0.39, 0.29) is 17.6 Å². The van der Waals surface area contributed by atoms with Gasteiger partial charge in [0.25, 0.3) is 6.01 Å². The third-order valence-corrected chi connectivity index (χ3v) is 4.58. The van der Waals surface area contributed by atoms with Crippen LogP contribution in [0.2, 0.25) is 0 Å². The van der Waals surface area contributed by atoms with E-state index in [1.165, 1.54) is 0 Å². The molecule has 0 spiro atoms. The molecule has 0 unspecified atom stereocenters. The van der Waals surface area contributed by atoms with Crippen molar-refractivity contribution in [3.63, 3.8) is 0 Å². The maximum atomic E-state index is 12.4. The number of phenolic OH excluding ortho intramolecular Hbond substituents is 1. The van der Waals surface area contributed by atoms with E-state index in [1.807, 2.05) is 24.3 Å². The first kappa shape index (κ1) is 15.5. The summed E-state index contributed by atoms with van der Waals surface area (Å²) in [5.74, 6) is -0.0567. The molecule has 1 aliphatic rings. The number of amides is 1. The van der Waals surface area contributed by atoms with Gasteiger partial charge in [-0.15, -0.1) is 0 Å². The second-order valence-electron chi connectivity index (χ2n) is 6.23. The van der Waals surface area contributed by atoms with Crippen molar-refractivity contribution in [2.75, 3.05) is 23.3 Å².